The minimum absolute atomic E-state index is 0.0678. The second-order valence-corrected chi connectivity index (χ2v) is 21.7. The fraction of sp³-hybridized carbons (Fsp3) is 0.836. The summed E-state index contributed by atoms with van der Waals surface area (Å²) in [7, 11) is 3.95. The van der Waals surface area contributed by atoms with Crippen LogP contribution in [0.1, 0.15) is 197 Å². The average Bonchev–Trinajstić information content (AvgIpc) is 3.60. The molecule has 360 valence electrons. The second-order valence-electron chi connectivity index (χ2n) is 21.7. The first-order valence-electron chi connectivity index (χ1n) is 26.2. The fourth-order valence-electron chi connectivity index (χ4n) is 11.8. The van der Waals surface area contributed by atoms with Gasteiger partial charge in [-0.15, -0.1) is 0 Å². The summed E-state index contributed by atoms with van der Waals surface area (Å²) in [4.78, 5) is 44.0. The van der Waals surface area contributed by atoms with Crippen LogP contribution in [0.4, 0.5) is 4.79 Å². The molecule has 8 heteroatoms. The Labute approximate surface area is 386 Å². The number of amides is 1. The van der Waals surface area contributed by atoms with Gasteiger partial charge in [0.15, 0.2) is 0 Å². The highest BCUT2D eigenvalue weighted by atomic mass is 16.6. The average molecular weight is 879 g/mol. The molecule has 0 spiro atoms. The highest BCUT2D eigenvalue weighted by Crippen LogP contribution is 2.66. The van der Waals surface area contributed by atoms with Crippen molar-refractivity contribution < 1.29 is 28.6 Å². The van der Waals surface area contributed by atoms with E-state index in [1.165, 1.54) is 87.5 Å². The highest BCUT2D eigenvalue weighted by molar-refractivity contribution is 5.82. The summed E-state index contributed by atoms with van der Waals surface area (Å²) in [6.45, 7) is 19.2. The van der Waals surface area contributed by atoms with Crippen LogP contribution in [0.15, 0.2) is 35.5 Å². The van der Waals surface area contributed by atoms with Gasteiger partial charge in [-0.3, -0.25) is 14.5 Å². The molecule has 4 aliphatic carbocycles. The van der Waals surface area contributed by atoms with Gasteiger partial charge in [0.2, 0.25) is 0 Å². The van der Waals surface area contributed by atoms with E-state index in [2.05, 4.69) is 79.7 Å². The number of fused-ring (bicyclic) bond motifs is 5. The number of carbonyl (C=O) groups excluding carboxylic acids is 3. The van der Waals surface area contributed by atoms with Crippen LogP contribution in [-0.4, -0.2) is 80.4 Å². The van der Waals surface area contributed by atoms with Crippen LogP contribution in [0.25, 0.3) is 0 Å². The van der Waals surface area contributed by atoms with E-state index in [9.17, 15) is 14.4 Å². The van der Waals surface area contributed by atoms with Crippen molar-refractivity contribution >= 4 is 18.0 Å². The van der Waals surface area contributed by atoms with Gasteiger partial charge in [-0.05, 0) is 131 Å². The van der Waals surface area contributed by atoms with Gasteiger partial charge in [-0.25, -0.2) is 4.79 Å². The summed E-state index contributed by atoms with van der Waals surface area (Å²) < 4.78 is 17.9. The standard InChI is InChI=1S/C55H94N2O6/c1-11-13-15-17-19-21-24-45(25-22-20-18-16-14-12-2)62-51(58)39-57(53(60)61-37-23-36-56(9)10)40-52(59)63-46-32-34-54(7)44(38-46)28-29-47-49-31-30-48(55(49,8)35-33-50(47)54)43(6)27-26-42(5)41(3)4/h26-29,41-43,45-46,48-50H,11-25,30-40H2,1-10H3/b27-26+. The van der Waals surface area contributed by atoms with Crippen molar-refractivity contribution in [3.8, 4) is 0 Å². The SMILES string of the molecule is CCCCCCCCC(CCCCCCCC)OC(=O)CN(CC(=O)OC1CCC2(C)C(=CC=C3C2CCC2(C)C3CCC2C(C)/C=C/C(C)C(C)C)C1)C(=O)OCCCN(C)C. The number of unbranched alkanes of at least 4 members (excludes halogenated alkanes) is 10. The predicted octanol–water partition coefficient (Wildman–Crippen LogP) is 13.7. The molecule has 0 saturated heterocycles. The smallest absolute Gasteiger partial charge is 0.410 e. The first-order chi connectivity index (χ1) is 30.1. The Morgan fingerprint density at radius 1 is 0.746 bits per heavy atom. The highest BCUT2D eigenvalue weighted by Gasteiger charge is 2.57. The molecule has 1 amide bonds. The molecule has 3 saturated carbocycles. The third-order valence-corrected chi connectivity index (χ3v) is 16.2. The van der Waals surface area contributed by atoms with Crippen LogP contribution >= 0.6 is 0 Å². The van der Waals surface area contributed by atoms with E-state index in [0.717, 1.165) is 57.9 Å². The lowest BCUT2D eigenvalue weighted by Gasteiger charge is -2.55. The first-order valence-corrected chi connectivity index (χ1v) is 26.2. The third-order valence-electron chi connectivity index (χ3n) is 16.2. The first kappa shape index (κ1) is 53.0. The molecule has 0 aromatic heterocycles. The Morgan fingerprint density at radius 2 is 1.38 bits per heavy atom. The van der Waals surface area contributed by atoms with Gasteiger partial charge in [0.25, 0.3) is 0 Å². The lowest BCUT2D eigenvalue weighted by molar-refractivity contribution is -0.154. The Hall–Kier alpha value is -2.61. The quantitative estimate of drug-likeness (QED) is 0.0335. The summed E-state index contributed by atoms with van der Waals surface area (Å²) in [6, 6.07) is 0. The lowest BCUT2D eigenvalue weighted by Crippen LogP contribution is -2.47. The van der Waals surface area contributed by atoms with Crippen molar-refractivity contribution in [3.05, 3.63) is 35.5 Å². The molecule has 8 unspecified atom stereocenters. The van der Waals surface area contributed by atoms with Gasteiger partial charge in [0.05, 0.1) is 6.61 Å². The van der Waals surface area contributed by atoms with Gasteiger partial charge < -0.3 is 19.1 Å². The normalized spacial score (nSPS) is 26.5. The third kappa shape index (κ3) is 15.8. The maximum atomic E-state index is 13.7. The molecular weight excluding hydrogens is 785 g/mol. The van der Waals surface area contributed by atoms with Gasteiger partial charge in [0, 0.05) is 13.0 Å². The van der Waals surface area contributed by atoms with E-state index in [-0.39, 0.29) is 37.3 Å². The molecule has 0 bridgehead atoms. The van der Waals surface area contributed by atoms with Crippen molar-refractivity contribution in [2.45, 2.75) is 209 Å². The van der Waals surface area contributed by atoms with Crippen LogP contribution in [0.5, 0.6) is 0 Å². The number of hydrogen-bond acceptors (Lipinski definition) is 7. The summed E-state index contributed by atoms with van der Waals surface area (Å²) in [5, 5.41) is 0. The zero-order valence-corrected chi connectivity index (χ0v) is 42.2. The van der Waals surface area contributed by atoms with E-state index in [1.807, 2.05) is 19.0 Å². The topological polar surface area (TPSA) is 85.4 Å². The van der Waals surface area contributed by atoms with E-state index in [1.54, 1.807) is 5.57 Å². The number of carbonyl (C=O) groups is 3. The van der Waals surface area contributed by atoms with Crippen molar-refractivity contribution in [2.24, 2.45) is 46.3 Å². The molecule has 3 fully saturated rings. The van der Waals surface area contributed by atoms with Crippen LogP contribution < -0.4 is 0 Å². The maximum absolute atomic E-state index is 13.7. The summed E-state index contributed by atoms with van der Waals surface area (Å²) in [5.41, 5.74) is 3.46. The molecule has 0 aromatic rings. The number of ether oxygens (including phenoxy) is 3. The molecule has 0 heterocycles. The van der Waals surface area contributed by atoms with Crippen molar-refractivity contribution in [3.63, 3.8) is 0 Å². The van der Waals surface area contributed by atoms with E-state index >= 15 is 0 Å². The van der Waals surface area contributed by atoms with Crippen molar-refractivity contribution in [2.75, 3.05) is 40.3 Å². The number of rotatable bonds is 28. The molecule has 4 rings (SSSR count). The van der Waals surface area contributed by atoms with E-state index in [0.29, 0.717) is 53.8 Å². The summed E-state index contributed by atoms with van der Waals surface area (Å²) in [6.07, 6.45) is 32.7. The minimum Gasteiger partial charge on any atom is -0.461 e. The lowest BCUT2D eigenvalue weighted by atomic mass is 9.50. The number of nitrogens with zero attached hydrogens (tertiary/aromatic N) is 2. The molecule has 8 nitrogen and oxygen atoms in total. The van der Waals surface area contributed by atoms with E-state index in [4.69, 9.17) is 14.2 Å². The molecule has 0 N–H and O–H groups in total. The minimum atomic E-state index is -0.677. The summed E-state index contributed by atoms with van der Waals surface area (Å²) >= 11 is 0. The fourth-order valence-corrected chi connectivity index (χ4v) is 11.8. The van der Waals surface area contributed by atoms with Gasteiger partial charge >= 0.3 is 18.0 Å². The van der Waals surface area contributed by atoms with E-state index < -0.39 is 18.0 Å². The van der Waals surface area contributed by atoms with Gasteiger partial charge in [-0.1, -0.05) is 155 Å². The molecule has 63 heavy (non-hydrogen) atoms. The largest absolute Gasteiger partial charge is 0.461 e. The molecule has 4 aliphatic rings. The second kappa shape index (κ2) is 26.5. The Morgan fingerprint density at radius 3 is 2.02 bits per heavy atom. The predicted molar refractivity (Wildman–Crippen MR) is 259 cm³/mol. The van der Waals surface area contributed by atoms with Crippen LogP contribution in [0, 0.1) is 46.3 Å². The summed E-state index contributed by atoms with van der Waals surface area (Å²) in [5.74, 6) is 2.75. The molecule has 0 radical (unpaired) electrons. The Balaban J connectivity index is 1.38. The van der Waals surface area contributed by atoms with Gasteiger partial charge in [-0.2, -0.15) is 0 Å². The van der Waals surface area contributed by atoms with Crippen LogP contribution in [0.3, 0.4) is 0 Å². The van der Waals surface area contributed by atoms with Crippen molar-refractivity contribution in [1.82, 2.24) is 9.80 Å². The Bertz CT molecular complexity index is 1480. The van der Waals surface area contributed by atoms with Crippen LogP contribution in [-0.2, 0) is 23.8 Å². The Kier molecular flexibility index (Phi) is 22.3. The number of hydrogen-bond donors (Lipinski definition) is 0. The monoisotopic (exact) mass is 879 g/mol. The van der Waals surface area contributed by atoms with Crippen LogP contribution in [0.2, 0.25) is 0 Å². The zero-order valence-electron chi connectivity index (χ0n) is 42.2. The van der Waals surface area contributed by atoms with Gasteiger partial charge in [0.1, 0.15) is 25.3 Å². The molecule has 8 atom stereocenters. The molecule has 0 aromatic carbocycles. The maximum Gasteiger partial charge on any atom is 0.410 e. The number of esters is 2. The number of allylic oxidation sites excluding steroid dienone is 5. The van der Waals surface area contributed by atoms with Crippen molar-refractivity contribution in [1.29, 1.82) is 0 Å². The molecule has 0 aliphatic heterocycles. The zero-order chi connectivity index (χ0) is 46.0. The molecular formula is C55H94N2O6.